The van der Waals surface area contributed by atoms with Crippen molar-refractivity contribution in [2.75, 3.05) is 12.4 Å². The third kappa shape index (κ3) is 2.88. The summed E-state index contributed by atoms with van der Waals surface area (Å²) in [6, 6.07) is 10.2. The minimum Gasteiger partial charge on any atom is -0.373 e. The fraction of sp³-hybridized carbons (Fsp3) is 0.143. The molecule has 0 fully saturated rings. The van der Waals surface area contributed by atoms with Crippen LogP contribution in [0.25, 0.3) is 11.3 Å². The van der Waals surface area contributed by atoms with Gasteiger partial charge in [0.15, 0.2) is 0 Å². The van der Waals surface area contributed by atoms with Gasteiger partial charge in [-0.3, -0.25) is 0 Å². The Kier molecular flexibility index (Phi) is 3.61. The topological polar surface area (TPSA) is 48.7 Å². The van der Waals surface area contributed by atoms with Crippen LogP contribution in [-0.4, -0.2) is 12.0 Å². The van der Waals surface area contributed by atoms with Crippen LogP contribution in [0.4, 0.5) is 19.0 Å². The second kappa shape index (κ2) is 5.21. The van der Waals surface area contributed by atoms with Gasteiger partial charge >= 0.3 is 6.18 Å². The number of hydrogen-bond acceptors (Lipinski definition) is 3. The summed E-state index contributed by atoms with van der Waals surface area (Å²) < 4.78 is 38.5. The molecule has 2 aromatic rings. The molecule has 0 aliphatic rings. The maximum atomic E-state index is 12.8. The van der Waals surface area contributed by atoms with Crippen molar-refractivity contribution in [1.29, 1.82) is 5.26 Å². The molecule has 1 aromatic carbocycles. The summed E-state index contributed by atoms with van der Waals surface area (Å²) >= 11 is 0. The third-order valence-corrected chi connectivity index (χ3v) is 2.70. The molecule has 0 amide bonds. The van der Waals surface area contributed by atoms with E-state index < -0.39 is 11.7 Å². The summed E-state index contributed by atoms with van der Waals surface area (Å²) in [7, 11) is 1.50. The second-order valence-corrected chi connectivity index (χ2v) is 4.07. The third-order valence-electron chi connectivity index (χ3n) is 2.70. The monoisotopic (exact) mass is 277 g/mol. The molecule has 1 aromatic heterocycles. The maximum absolute atomic E-state index is 12.8. The molecule has 1 heterocycles. The van der Waals surface area contributed by atoms with Crippen molar-refractivity contribution in [3.8, 4) is 17.3 Å². The van der Waals surface area contributed by atoms with Gasteiger partial charge in [0.1, 0.15) is 5.82 Å². The summed E-state index contributed by atoms with van der Waals surface area (Å²) in [5.41, 5.74) is 0.217. The van der Waals surface area contributed by atoms with Gasteiger partial charge in [-0.15, -0.1) is 0 Å². The van der Waals surface area contributed by atoms with E-state index in [1.807, 2.05) is 6.07 Å². The molecular formula is C14H10F3N3. The Morgan fingerprint density at radius 2 is 1.95 bits per heavy atom. The van der Waals surface area contributed by atoms with Gasteiger partial charge < -0.3 is 5.32 Å². The van der Waals surface area contributed by atoms with Crippen LogP contribution in [0.1, 0.15) is 11.1 Å². The first-order valence-corrected chi connectivity index (χ1v) is 5.71. The number of alkyl halides is 3. The number of halogens is 3. The maximum Gasteiger partial charge on any atom is 0.416 e. The minimum atomic E-state index is -4.45. The first-order valence-electron chi connectivity index (χ1n) is 5.71. The first kappa shape index (κ1) is 13.9. The van der Waals surface area contributed by atoms with E-state index in [0.717, 1.165) is 12.1 Å². The molecule has 1 N–H and O–H groups in total. The molecule has 0 atom stereocenters. The fourth-order valence-electron chi connectivity index (χ4n) is 1.72. The van der Waals surface area contributed by atoms with Crippen LogP contribution in [-0.2, 0) is 6.18 Å². The molecule has 0 aliphatic heterocycles. The summed E-state index contributed by atoms with van der Waals surface area (Å²) in [4.78, 5) is 4.09. The molecule has 20 heavy (non-hydrogen) atoms. The van der Waals surface area contributed by atoms with E-state index >= 15 is 0 Å². The van der Waals surface area contributed by atoms with Crippen molar-refractivity contribution >= 4 is 5.82 Å². The van der Waals surface area contributed by atoms with E-state index in [2.05, 4.69) is 10.3 Å². The normalized spacial score (nSPS) is 10.9. The number of rotatable bonds is 2. The van der Waals surface area contributed by atoms with E-state index in [9.17, 15) is 13.2 Å². The van der Waals surface area contributed by atoms with Gasteiger partial charge in [-0.25, -0.2) is 4.98 Å². The van der Waals surface area contributed by atoms with Gasteiger partial charge in [0.2, 0.25) is 0 Å². The smallest absolute Gasteiger partial charge is 0.373 e. The number of nitrogens with zero attached hydrogens (tertiary/aromatic N) is 2. The predicted molar refractivity (Wildman–Crippen MR) is 68.9 cm³/mol. The lowest BCUT2D eigenvalue weighted by atomic mass is 10.1. The molecular weight excluding hydrogens is 267 g/mol. The minimum absolute atomic E-state index is 0.122. The van der Waals surface area contributed by atoms with Gasteiger partial charge in [0.05, 0.1) is 22.9 Å². The number of pyridine rings is 1. The van der Waals surface area contributed by atoms with Gasteiger partial charge in [0, 0.05) is 12.6 Å². The summed E-state index contributed by atoms with van der Waals surface area (Å²) in [5, 5.41) is 11.4. The zero-order valence-electron chi connectivity index (χ0n) is 10.5. The molecule has 0 radical (unpaired) electrons. The molecule has 0 unspecified atom stereocenters. The average Bonchev–Trinajstić information content (AvgIpc) is 2.46. The fourth-order valence-corrected chi connectivity index (χ4v) is 1.72. The highest BCUT2D eigenvalue weighted by Gasteiger charge is 2.31. The molecule has 0 spiro atoms. The molecule has 0 aliphatic carbocycles. The van der Waals surface area contributed by atoms with E-state index in [0.29, 0.717) is 11.1 Å². The van der Waals surface area contributed by atoms with Crippen LogP contribution >= 0.6 is 0 Å². The Labute approximate surface area is 113 Å². The Morgan fingerprint density at radius 1 is 1.20 bits per heavy atom. The standard InChI is InChI=1S/C14H10F3N3/c1-19-13-7-11(14(15,16)17)6-12(20-13)10-4-2-3-9(5-10)8-18/h2-7H,1H3,(H,19,20). The molecule has 0 saturated heterocycles. The first-order chi connectivity index (χ1) is 9.44. The van der Waals surface area contributed by atoms with Crippen molar-refractivity contribution in [3.63, 3.8) is 0 Å². The zero-order chi connectivity index (χ0) is 14.8. The number of nitriles is 1. The zero-order valence-corrected chi connectivity index (χ0v) is 10.5. The van der Waals surface area contributed by atoms with Crippen molar-refractivity contribution in [3.05, 3.63) is 47.5 Å². The van der Waals surface area contributed by atoms with Crippen LogP contribution < -0.4 is 5.32 Å². The average molecular weight is 277 g/mol. The Morgan fingerprint density at radius 3 is 2.55 bits per heavy atom. The van der Waals surface area contributed by atoms with Crippen LogP contribution in [0.5, 0.6) is 0 Å². The van der Waals surface area contributed by atoms with Gasteiger partial charge in [-0.05, 0) is 24.3 Å². The number of benzene rings is 1. The lowest BCUT2D eigenvalue weighted by Gasteiger charge is -2.11. The molecule has 6 heteroatoms. The predicted octanol–water partition coefficient (Wildman–Crippen LogP) is 3.68. The highest BCUT2D eigenvalue weighted by Crippen LogP contribution is 2.33. The molecule has 102 valence electrons. The SMILES string of the molecule is CNc1cc(C(F)(F)F)cc(-c2cccc(C#N)c2)n1. The van der Waals surface area contributed by atoms with Crippen molar-refractivity contribution in [2.45, 2.75) is 6.18 Å². The van der Waals surface area contributed by atoms with Crippen LogP contribution in [0.15, 0.2) is 36.4 Å². The molecule has 0 bridgehead atoms. The van der Waals surface area contributed by atoms with Crippen molar-refractivity contribution < 1.29 is 13.2 Å². The highest BCUT2D eigenvalue weighted by atomic mass is 19.4. The van der Waals surface area contributed by atoms with E-state index in [1.54, 1.807) is 18.2 Å². The van der Waals surface area contributed by atoms with Gasteiger partial charge in [0.25, 0.3) is 0 Å². The quantitative estimate of drug-likeness (QED) is 0.910. The molecule has 0 saturated carbocycles. The van der Waals surface area contributed by atoms with Crippen molar-refractivity contribution in [1.82, 2.24) is 4.98 Å². The number of nitrogens with one attached hydrogen (secondary N) is 1. The Bertz CT molecular complexity index is 672. The molecule has 3 nitrogen and oxygen atoms in total. The molecule has 2 rings (SSSR count). The van der Waals surface area contributed by atoms with Crippen LogP contribution in [0, 0.1) is 11.3 Å². The van der Waals surface area contributed by atoms with Gasteiger partial charge in [-0.1, -0.05) is 12.1 Å². The van der Waals surface area contributed by atoms with Crippen LogP contribution in [0.3, 0.4) is 0 Å². The van der Waals surface area contributed by atoms with E-state index in [-0.39, 0.29) is 11.5 Å². The number of hydrogen-bond donors (Lipinski definition) is 1. The lowest BCUT2D eigenvalue weighted by Crippen LogP contribution is -2.07. The Hall–Kier alpha value is -2.55. The number of aromatic nitrogens is 1. The highest BCUT2D eigenvalue weighted by molar-refractivity contribution is 5.64. The lowest BCUT2D eigenvalue weighted by molar-refractivity contribution is -0.137. The van der Waals surface area contributed by atoms with Crippen molar-refractivity contribution in [2.24, 2.45) is 0 Å². The largest absolute Gasteiger partial charge is 0.416 e. The summed E-state index contributed by atoms with van der Waals surface area (Å²) in [5.74, 6) is 0.122. The number of anilines is 1. The van der Waals surface area contributed by atoms with Gasteiger partial charge in [-0.2, -0.15) is 18.4 Å². The second-order valence-electron chi connectivity index (χ2n) is 4.07. The summed E-state index contributed by atoms with van der Waals surface area (Å²) in [6.07, 6.45) is -4.45. The Balaban J connectivity index is 2.59. The van der Waals surface area contributed by atoms with E-state index in [1.165, 1.54) is 13.1 Å². The summed E-state index contributed by atoms with van der Waals surface area (Å²) in [6.45, 7) is 0. The van der Waals surface area contributed by atoms with Crippen LogP contribution in [0.2, 0.25) is 0 Å². The van der Waals surface area contributed by atoms with E-state index in [4.69, 9.17) is 5.26 Å².